The molecule has 232 valence electrons. The van der Waals surface area contributed by atoms with Crippen molar-refractivity contribution in [2.45, 2.75) is 51.2 Å². The first kappa shape index (κ1) is 29.7. The molecule has 0 radical (unpaired) electrons. The summed E-state index contributed by atoms with van der Waals surface area (Å²) in [5.74, 6) is -0.363. The van der Waals surface area contributed by atoms with Crippen molar-refractivity contribution in [3.05, 3.63) is 78.4 Å². The van der Waals surface area contributed by atoms with Crippen LogP contribution >= 0.6 is 0 Å². The summed E-state index contributed by atoms with van der Waals surface area (Å²) in [6.45, 7) is 2.93. The topological polar surface area (TPSA) is 159 Å². The number of benzene rings is 2. The van der Waals surface area contributed by atoms with Gasteiger partial charge in [0, 0.05) is 24.7 Å². The van der Waals surface area contributed by atoms with Crippen LogP contribution in [0.2, 0.25) is 0 Å². The average Bonchev–Trinajstić information content (AvgIpc) is 3.74. The van der Waals surface area contributed by atoms with Gasteiger partial charge >= 0.3 is 6.03 Å². The predicted octanol–water partition coefficient (Wildman–Crippen LogP) is 4.22. The molecule has 1 aliphatic rings. The molecule has 1 saturated heterocycles. The number of hydrogen-bond acceptors (Lipinski definition) is 9. The van der Waals surface area contributed by atoms with Gasteiger partial charge in [-0.25, -0.2) is 28.8 Å². The van der Waals surface area contributed by atoms with Gasteiger partial charge in [-0.3, -0.25) is 4.79 Å². The van der Waals surface area contributed by atoms with Crippen molar-refractivity contribution in [3.8, 4) is 17.0 Å². The lowest BCUT2D eigenvalue weighted by atomic mass is 9.96. The van der Waals surface area contributed by atoms with Crippen LogP contribution in [0.25, 0.3) is 22.3 Å². The number of nitrogens with zero attached hydrogens (tertiary/aromatic N) is 8. The number of nitrogen functional groups attached to an aromatic ring is 1. The van der Waals surface area contributed by atoms with Crippen molar-refractivity contribution in [2.75, 3.05) is 19.4 Å². The molecule has 5 aromatic rings. The van der Waals surface area contributed by atoms with E-state index in [0.29, 0.717) is 41.3 Å². The molecule has 2 amide bonds. The highest BCUT2D eigenvalue weighted by Gasteiger charge is 2.31. The first-order valence-electron chi connectivity index (χ1n) is 14.7. The van der Waals surface area contributed by atoms with Crippen molar-refractivity contribution in [2.24, 2.45) is 0 Å². The van der Waals surface area contributed by atoms with Gasteiger partial charge < -0.3 is 20.7 Å². The zero-order valence-electron chi connectivity index (χ0n) is 24.9. The summed E-state index contributed by atoms with van der Waals surface area (Å²) in [6, 6.07) is 11.0. The Labute approximate surface area is 258 Å². The van der Waals surface area contributed by atoms with E-state index in [0.717, 1.165) is 36.5 Å². The Hall–Kier alpha value is -5.40. The summed E-state index contributed by atoms with van der Waals surface area (Å²) in [5, 5.41) is 12.4. The van der Waals surface area contributed by atoms with Crippen LogP contribution in [0.15, 0.2) is 61.4 Å². The van der Waals surface area contributed by atoms with Gasteiger partial charge in [0.25, 0.3) is 5.91 Å². The number of likely N-dealkylation sites (tertiary alicyclic amines) is 1. The van der Waals surface area contributed by atoms with Crippen molar-refractivity contribution in [1.29, 1.82) is 0 Å². The first-order chi connectivity index (χ1) is 21.8. The number of fused-ring (bicyclic) bond motifs is 1. The molecule has 1 fully saturated rings. The molecule has 6 rings (SSSR count). The van der Waals surface area contributed by atoms with Gasteiger partial charge in [0.05, 0.1) is 24.1 Å². The second kappa shape index (κ2) is 12.7. The summed E-state index contributed by atoms with van der Waals surface area (Å²) in [6.07, 6.45) is 7.70. The lowest BCUT2D eigenvalue weighted by molar-refractivity contribution is 0.0947. The molecule has 2 aromatic carbocycles. The van der Waals surface area contributed by atoms with Gasteiger partial charge in [-0.2, -0.15) is 14.9 Å². The number of piperidine rings is 1. The molecule has 3 N–H and O–H groups in total. The van der Waals surface area contributed by atoms with E-state index < -0.39 is 11.7 Å². The number of aromatic nitrogens is 7. The Balaban J connectivity index is 1.21. The molecular weight excluding hydrogens is 579 g/mol. The lowest BCUT2D eigenvalue weighted by Gasteiger charge is -2.36. The van der Waals surface area contributed by atoms with Crippen molar-refractivity contribution in [3.63, 3.8) is 0 Å². The van der Waals surface area contributed by atoms with Gasteiger partial charge in [-0.15, -0.1) is 0 Å². The molecule has 0 spiro atoms. The van der Waals surface area contributed by atoms with Crippen LogP contribution in [0.1, 0.15) is 54.6 Å². The van der Waals surface area contributed by atoms with Crippen LogP contribution in [0.4, 0.5) is 15.0 Å². The molecule has 0 aliphatic carbocycles. The maximum Gasteiger partial charge on any atom is 0.346 e. The smallest absolute Gasteiger partial charge is 0.346 e. The van der Waals surface area contributed by atoms with Gasteiger partial charge in [0.1, 0.15) is 42.1 Å². The van der Waals surface area contributed by atoms with Crippen LogP contribution < -0.4 is 15.8 Å². The number of nitrogens with two attached hydrogens (primary N) is 1. The minimum absolute atomic E-state index is 0.00539. The largest absolute Gasteiger partial charge is 0.496 e. The van der Waals surface area contributed by atoms with E-state index in [-0.39, 0.29) is 30.2 Å². The number of halogens is 1. The molecule has 14 heteroatoms. The van der Waals surface area contributed by atoms with E-state index in [9.17, 15) is 14.0 Å². The number of anilines is 1. The fourth-order valence-corrected chi connectivity index (χ4v) is 5.85. The molecule has 0 bridgehead atoms. The van der Waals surface area contributed by atoms with Crippen LogP contribution in [-0.2, 0) is 6.54 Å². The molecular formula is C31H33FN10O3. The van der Waals surface area contributed by atoms with E-state index >= 15 is 0 Å². The van der Waals surface area contributed by atoms with Crippen LogP contribution in [0, 0.1) is 5.82 Å². The second-order valence-electron chi connectivity index (χ2n) is 11.0. The van der Waals surface area contributed by atoms with Crippen LogP contribution in [-0.4, -0.2) is 71.0 Å². The van der Waals surface area contributed by atoms with E-state index in [4.69, 9.17) is 15.6 Å². The Morgan fingerprint density at radius 2 is 1.96 bits per heavy atom. The van der Waals surface area contributed by atoms with Gasteiger partial charge in [0.2, 0.25) is 0 Å². The summed E-state index contributed by atoms with van der Waals surface area (Å²) >= 11 is 0. The molecule has 1 aliphatic heterocycles. The third-order valence-corrected chi connectivity index (χ3v) is 8.12. The second-order valence-corrected chi connectivity index (χ2v) is 11.0. The number of methoxy groups -OCH3 is 1. The Morgan fingerprint density at radius 1 is 1.13 bits per heavy atom. The Kier molecular flexibility index (Phi) is 8.36. The molecule has 2 atom stereocenters. The number of ether oxygens (including phenoxy) is 1. The fourth-order valence-electron chi connectivity index (χ4n) is 5.85. The van der Waals surface area contributed by atoms with Gasteiger partial charge in [-0.1, -0.05) is 24.3 Å². The standard InChI is InChI=1S/C31H33FN10O3/c1-19(13-23-5-3-4-12-40(23)31(44)41-18-34-16-38-41)42-29-26(28(33)36-17-37-29)27(39-42)21-8-6-20(7-9-21)15-35-30(43)24-14-22(32)10-11-25(24)45-2/h6-11,14,16-19,23H,3-5,12-13,15H2,1-2H3,(H,35,43)(H2,33,36,37). The van der Waals surface area contributed by atoms with Gasteiger partial charge in [0.15, 0.2) is 5.65 Å². The Bertz CT molecular complexity index is 1820. The molecule has 2 unspecified atom stereocenters. The predicted molar refractivity (Wildman–Crippen MR) is 164 cm³/mol. The number of hydrogen-bond donors (Lipinski definition) is 2. The third kappa shape index (κ3) is 6.03. The molecule has 3 aromatic heterocycles. The van der Waals surface area contributed by atoms with Crippen LogP contribution in [0.5, 0.6) is 5.75 Å². The van der Waals surface area contributed by atoms with Crippen LogP contribution in [0.3, 0.4) is 0 Å². The molecule has 13 nitrogen and oxygen atoms in total. The van der Waals surface area contributed by atoms with Crippen molar-refractivity contribution < 1.29 is 18.7 Å². The molecule has 45 heavy (non-hydrogen) atoms. The highest BCUT2D eigenvalue weighted by Crippen LogP contribution is 2.34. The summed E-state index contributed by atoms with van der Waals surface area (Å²) in [5.41, 5.74) is 9.34. The number of nitrogens with one attached hydrogen (secondary N) is 1. The minimum atomic E-state index is -0.522. The van der Waals surface area contributed by atoms with E-state index in [1.165, 1.54) is 42.9 Å². The van der Waals surface area contributed by atoms with Gasteiger partial charge in [-0.05, 0) is 56.4 Å². The SMILES string of the molecule is COc1ccc(F)cc1C(=O)NCc1ccc(-c2nn(C(C)CC3CCCCN3C(=O)n3cncn3)c3ncnc(N)c23)cc1. The van der Waals surface area contributed by atoms with E-state index in [1.54, 1.807) is 0 Å². The minimum Gasteiger partial charge on any atom is -0.496 e. The summed E-state index contributed by atoms with van der Waals surface area (Å²) in [4.78, 5) is 40.4. The maximum atomic E-state index is 13.7. The van der Waals surface area contributed by atoms with E-state index in [1.807, 2.05) is 33.8 Å². The quantitative estimate of drug-likeness (QED) is 0.262. The maximum absolute atomic E-state index is 13.7. The monoisotopic (exact) mass is 612 g/mol. The number of amides is 2. The zero-order chi connectivity index (χ0) is 31.5. The normalized spacial score (nSPS) is 15.6. The number of carbonyl (C=O) groups is 2. The molecule has 0 saturated carbocycles. The van der Waals surface area contributed by atoms with E-state index in [2.05, 4.69) is 32.3 Å². The average molecular weight is 613 g/mol. The Morgan fingerprint density at radius 3 is 2.71 bits per heavy atom. The highest BCUT2D eigenvalue weighted by molar-refractivity contribution is 5.98. The third-order valence-electron chi connectivity index (χ3n) is 8.12. The summed E-state index contributed by atoms with van der Waals surface area (Å²) < 4.78 is 22.1. The zero-order valence-corrected chi connectivity index (χ0v) is 24.9. The number of rotatable bonds is 8. The summed E-state index contributed by atoms with van der Waals surface area (Å²) in [7, 11) is 1.43. The lowest BCUT2D eigenvalue weighted by Crippen LogP contribution is -2.46. The fraction of sp³-hybridized carbons (Fsp3) is 0.323. The highest BCUT2D eigenvalue weighted by atomic mass is 19.1. The first-order valence-corrected chi connectivity index (χ1v) is 14.7. The molecule has 4 heterocycles. The number of carbonyl (C=O) groups excluding carboxylic acids is 2. The van der Waals surface area contributed by atoms with Crippen molar-refractivity contribution in [1.82, 2.24) is 44.7 Å². The van der Waals surface area contributed by atoms with Crippen molar-refractivity contribution >= 4 is 28.8 Å².